The fraction of sp³-hybridized carbons (Fsp3) is 0.714. The zero-order valence-electron chi connectivity index (χ0n) is 16.4. The van der Waals surface area contributed by atoms with E-state index in [-0.39, 0.29) is 24.8 Å². The van der Waals surface area contributed by atoms with Gasteiger partial charge in [-0.3, -0.25) is 0 Å². The summed E-state index contributed by atoms with van der Waals surface area (Å²) in [7, 11) is 1.74. The Bertz CT molecular complexity index is 545. The molecule has 27 heavy (non-hydrogen) atoms. The normalized spacial score (nSPS) is 24.0. The van der Waals surface area contributed by atoms with Crippen LogP contribution in [0.3, 0.4) is 0 Å². The molecule has 1 heterocycles. The predicted octanol–water partition coefficient (Wildman–Crippen LogP) is 5.46. The number of hydrogen-bond donors (Lipinski definition) is 1. The van der Waals surface area contributed by atoms with Crippen LogP contribution in [0.5, 0.6) is 5.75 Å². The van der Waals surface area contributed by atoms with E-state index in [4.69, 9.17) is 10.5 Å². The van der Waals surface area contributed by atoms with Crippen LogP contribution in [0.4, 0.5) is 0 Å². The van der Waals surface area contributed by atoms with Crippen LogP contribution in [0, 0.1) is 11.8 Å². The van der Waals surface area contributed by atoms with E-state index in [9.17, 15) is 0 Å². The maximum absolute atomic E-state index is 6.02. The number of piperidine rings is 1. The summed E-state index contributed by atoms with van der Waals surface area (Å²) in [5.41, 5.74) is 7.41. The molecule has 0 bridgehead atoms. The molecule has 2 aliphatic rings. The lowest BCUT2D eigenvalue weighted by Crippen LogP contribution is -2.36. The molecule has 3 rings (SSSR count). The van der Waals surface area contributed by atoms with Crippen LogP contribution in [0.2, 0.25) is 0 Å². The van der Waals surface area contributed by atoms with Gasteiger partial charge in [-0.15, -0.1) is 24.8 Å². The molecule has 0 amide bonds. The molecule has 0 radical (unpaired) electrons. The average Bonchev–Trinajstić information content (AvgIpc) is 2.64. The lowest BCUT2D eigenvalue weighted by molar-refractivity contribution is 0.165. The second-order valence-corrected chi connectivity index (χ2v) is 8.87. The molecule has 2 N–H and O–H groups in total. The van der Waals surface area contributed by atoms with Gasteiger partial charge in [-0.25, -0.2) is 0 Å². The number of likely N-dealkylation sites (tertiary alicyclic amines) is 1. The van der Waals surface area contributed by atoms with Gasteiger partial charge in [0, 0.05) is 10.5 Å². The lowest BCUT2D eigenvalue weighted by Gasteiger charge is -2.34. The first kappa shape index (κ1) is 25.0. The number of ether oxygens (including phenoxy) is 1. The van der Waals surface area contributed by atoms with E-state index in [0.29, 0.717) is 6.04 Å². The third-order valence-electron chi connectivity index (χ3n) is 6.21. The van der Waals surface area contributed by atoms with Gasteiger partial charge in [-0.2, -0.15) is 0 Å². The smallest absolute Gasteiger partial charge is 0.119 e. The number of benzene rings is 1. The van der Waals surface area contributed by atoms with Crippen molar-refractivity contribution in [3.8, 4) is 5.75 Å². The second-order valence-electron chi connectivity index (χ2n) is 8.02. The van der Waals surface area contributed by atoms with Crippen LogP contribution >= 0.6 is 40.7 Å². The van der Waals surface area contributed by atoms with Crippen molar-refractivity contribution < 1.29 is 4.74 Å². The summed E-state index contributed by atoms with van der Waals surface area (Å²) in [4.78, 5) is 2.69. The van der Waals surface area contributed by atoms with Crippen molar-refractivity contribution in [2.45, 2.75) is 57.4 Å². The first-order chi connectivity index (χ1) is 12.1. The van der Waals surface area contributed by atoms with Crippen LogP contribution in [0.1, 0.15) is 50.5 Å². The first-order valence-corrected chi connectivity index (χ1v) is 10.7. The van der Waals surface area contributed by atoms with Gasteiger partial charge in [0.1, 0.15) is 5.75 Å². The number of halogens is 3. The number of hydrogen-bond acceptors (Lipinski definition) is 3. The van der Waals surface area contributed by atoms with Gasteiger partial charge in [-0.05, 0) is 107 Å². The van der Waals surface area contributed by atoms with E-state index in [2.05, 4.69) is 33.0 Å². The summed E-state index contributed by atoms with van der Waals surface area (Å²) < 4.78 is 6.59. The molecule has 3 nitrogen and oxygen atoms in total. The minimum atomic E-state index is 0. The van der Waals surface area contributed by atoms with E-state index >= 15 is 0 Å². The largest absolute Gasteiger partial charge is 0.497 e. The first-order valence-electron chi connectivity index (χ1n) is 9.94. The number of nitrogens with zero attached hydrogens (tertiary/aromatic N) is 1. The Labute approximate surface area is 185 Å². The second kappa shape index (κ2) is 12.5. The van der Waals surface area contributed by atoms with Gasteiger partial charge in [0.2, 0.25) is 0 Å². The average molecular weight is 482 g/mol. The SMILES string of the molecule is COc1ccc(Br)c(CC2CCN(CCC3CCC(N)CC3)CC2)c1.Cl.Cl. The molecule has 0 unspecified atom stereocenters. The lowest BCUT2D eigenvalue weighted by atomic mass is 9.84. The van der Waals surface area contributed by atoms with Crippen molar-refractivity contribution in [1.82, 2.24) is 4.90 Å². The quantitative estimate of drug-likeness (QED) is 0.585. The molecule has 2 fully saturated rings. The maximum Gasteiger partial charge on any atom is 0.119 e. The van der Waals surface area contributed by atoms with Crippen LogP contribution in [-0.2, 0) is 6.42 Å². The van der Waals surface area contributed by atoms with Gasteiger partial charge < -0.3 is 15.4 Å². The Morgan fingerprint density at radius 3 is 2.33 bits per heavy atom. The molecule has 0 aromatic heterocycles. The molecule has 1 aliphatic heterocycles. The van der Waals surface area contributed by atoms with Gasteiger partial charge >= 0.3 is 0 Å². The monoisotopic (exact) mass is 480 g/mol. The Morgan fingerprint density at radius 1 is 1.04 bits per heavy atom. The van der Waals surface area contributed by atoms with Crippen molar-refractivity contribution in [3.05, 3.63) is 28.2 Å². The zero-order valence-corrected chi connectivity index (χ0v) is 19.6. The fourth-order valence-corrected chi connectivity index (χ4v) is 4.81. The van der Waals surface area contributed by atoms with Crippen molar-refractivity contribution in [1.29, 1.82) is 0 Å². The molecule has 156 valence electrons. The Hall–Kier alpha value is -0.000000000000000111. The van der Waals surface area contributed by atoms with Crippen molar-refractivity contribution in [3.63, 3.8) is 0 Å². The molecule has 6 heteroatoms. The molecule has 1 aromatic rings. The molecule has 1 saturated heterocycles. The van der Waals surface area contributed by atoms with E-state index in [1.807, 2.05) is 6.07 Å². The van der Waals surface area contributed by atoms with Crippen LogP contribution in [0.15, 0.2) is 22.7 Å². The van der Waals surface area contributed by atoms with Gasteiger partial charge in [0.15, 0.2) is 0 Å². The Morgan fingerprint density at radius 2 is 1.70 bits per heavy atom. The molecule has 0 spiro atoms. The number of nitrogens with two attached hydrogens (primary N) is 1. The highest BCUT2D eigenvalue weighted by Gasteiger charge is 2.23. The van der Waals surface area contributed by atoms with Crippen molar-refractivity contribution in [2.75, 3.05) is 26.7 Å². The summed E-state index contributed by atoms with van der Waals surface area (Å²) in [5.74, 6) is 2.68. The highest BCUT2D eigenvalue weighted by molar-refractivity contribution is 9.10. The maximum atomic E-state index is 6.02. The predicted molar refractivity (Wildman–Crippen MR) is 123 cm³/mol. The van der Waals surface area contributed by atoms with E-state index in [0.717, 1.165) is 24.0 Å². The third-order valence-corrected chi connectivity index (χ3v) is 6.99. The van der Waals surface area contributed by atoms with E-state index in [1.54, 1.807) is 7.11 Å². The minimum absolute atomic E-state index is 0. The van der Waals surface area contributed by atoms with Gasteiger partial charge in [-0.1, -0.05) is 15.9 Å². The van der Waals surface area contributed by atoms with Crippen LogP contribution in [-0.4, -0.2) is 37.7 Å². The van der Waals surface area contributed by atoms with Crippen molar-refractivity contribution >= 4 is 40.7 Å². The Kier molecular flexibility index (Phi) is 11.6. The summed E-state index contributed by atoms with van der Waals surface area (Å²) in [5, 5.41) is 0. The number of rotatable bonds is 6. The molecule has 1 saturated carbocycles. The molecule has 0 atom stereocenters. The minimum Gasteiger partial charge on any atom is -0.497 e. The summed E-state index contributed by atoms with van der Waals surface area (Å²) >= 11 is 3.70. The van der Waals surface area contributed by atoms with E-state index < -0.39 is 0 Å². The standard InChI is InChI=1S/C21H33BrN2O.2ClH/c1-25-20-6-7-21(22)18(15-20)14-17-9-12-24(13-10-17)11-8-16-2-4-19(23)5-3-16;;/h6-7,15-17,19H,2-5,8-14,23H2,1H3;2*1H. The molecular formula is C21H35BrCl2N2O. The highest BCUT2D eigenvalue weighted by Crippen LogP contribution is 2.30. The summed E-state index contributed by atoms with van der Waals surface area (Å²) in [6.45, 7) is 3.81. The zero-order chi connectivity index (χ0) is 17.6. The van der Waals surface area contributed by atoms with Crippen molar-refractivity contribution in [2.24, 2.45) is 17.6 Å². The number of methoxy groups -OCH3 is 1. The highest BCUT2D eigenvalue weighted by atomic mass is 79.9. The summed E-state index contributed by atoms with van der Waals surface area (Å²) in [6, 6.07) is 6.79. The molecular weight excluding hydrogens is 447 g/mol. The van der Waals surface area contributed by atoms with Gasteiger partial charge in [0.25, 0.3) is 0 Å². The molecule has 1 aromatic carbocycles. The van der Waals surface area contributed by atoms with Crippen LogP contribution in [0.25, 0.3) is 0 Å². The van der Waals surface area contributed by atoms with Gasteiger partial charge in [0.05, 0.1) is 7.11 Å². The fourth-order valence-electron chi connectivity index (χ4n) is 4.40. The third kappa shape index (κ3) is 7.74. The Balaban J connectivity index is 0.00000182. The topological polar surface area (TPSA) is 38.5 Å². The van der Waals surface area contributed by atoms with E-state index in [1.165, 1.54) is 74.6 Å². The molecule has 1 aliphatic carbocycles. The van der Waals surface area contributed by atoms with Crippen LogP contribution < -0.4 is 10.5 Å². The summed E-state index contributed by atoms with van der Waals surface area (Å²) in [6.07, 6.45) is 10.3.